The Labute approximate surface area is 140 Å². The Bertz CT molecular complexity index is 817. The molecule has 0 aliphatic carbocycles. The third-order valence-electron chi connectivity index (χ3n) is 4.46. The molecule has 0 bridgehead atoms. The number of fused-ring (bicyclic) bond motifs is 2. The Morgan fingerprint density at radius 3 is 2.12 bits per heavy atom. The molecular formula is C15H12N4O6. The van der Waals surface area contributed by atoms with Gasteiger partial charge in [0, 0.05) is 5.92 Å². The number of rotatable bonds is 1. The molecule has 4 rings (SSSR count). The molecule has 4 N–H and O–H groups in total. The van der Waals surface area contributed by atoms with Crippen LogP contribution in [0.25, 0.3) is 0 Å². The summed E-state index contributed by atoms with van der Waals surface area (Å²) in [6.45, 7) is 0. The van der Waals surface area contributed by atoms with Crippen molar-refractivity contribution >= 4 is 29.8 Å². The van der Waals surface area contributed by atoms with Crippen LogP contribution in [0.1, 0.15) is 11.5 Å². The minimum absolute atomic E-state index is 0.348. The molecular weight excluding hydrogens is 332 g/mol. The average Bonchev–Trinajstić information content (AvgIpc) is 2.52. The van der Waals surface area contributed by atoms with E-state index in [-0.39, 0.29) is 0 Å². The molecule has 2 saturated heterocycles. The van der Waals surface area contributed by atoms with E-state index in [0.717, 1.165) is 0 Å². The number of para-hydroxylation sites is 1. The van der Waals surface area contributed by atoms with Crippen LogP contribution < -0.4 is 26.0 Å². The number of amides is 7. The van der Waals surface area contributed by atoms with E-state index < -0.39 is 53.8 Å². The molecule has 10 nitrogen and oxygen atoms in total. The van der Waals surface area contributed by atoms with Gasteiger partial charge in [-0.2, -0.15) is 0 Å². The zero-order valence-corrected chi connectivity index (χ0v) is 12.6. The summed E-state index contributed by atoms with van der Waals surface area (Å²) in [6, 6.07) is 4.98. The molecule has 0 saturated carbocycles. The van der Waals surface area contributed by atoms with Crippen molar-refractivity contribution in [3.8, 4) is 5.75 Å². The number of hydrogen-bond acceptors (Lipinski definition) is 6. The molecule has 0 radical (unpaired) electrons. The summed E-state index contributed by atoms with van der Waals surface area (Å²) in [7, 11) is 0. The molecule has 2 fully saturated rings. The molecule has 3 aliphatic heterocycles. The smallest absolute Gasteiger partial charge is 0.328 e. The summed E-state index contributed by atoms with van der Waals surface area (Å²) in [5.41, 5.74) is 0.472. The highest BCUT2D eigenvalue weighted by atomic mass is 16.5. The maximum atomic E-state index is 12.4. The summed E-state index contributed by atoms with van der Waals surface area (Å²) >= 11 is 0. The third kappa shape index (κ3) is 2.30. The van der Waals surface area contributed by atoms with Crippen molar-refractivity contribution in [3.63, 3.8) is 0 Å². The van der Waals surface area contributed by atoms with Gasteiger partial charge in [0.05, 0.1) is 0 Å². The Hall–Kier alpha value is -3.43. The largest absolute Gasteiger partial charge is 0.469 e. The summed E-state index contributed by atoms with van der Waals surface area (Å²) in [5.74, 6) is -5.17. The molecule has 3 heterocycles. The second kappa shape index (κ2) is 5.30. The third-order valence-corrected chi connectivity index (χ3v) is 4.46. The maximum absolute atomic E-state index is 12.4. The lowest BCUT2D eigenvalue weighted by molar-refractivity contribution is -0.141. The molecule has 7 amide bonds. The van der Waals surface area contributed by atoms with Gasteiger partial charge in [-0.1, -0.05) is 18.2 Å². The van der Waals surface area contributed by atoms with Gasteiger partial charge >= 0.3 is 12.1 Å². The van der Waals surface area contributed by atoms with Gasteiger partial charge in [0.2, 0.25) is 17.7 Å². The first-order valence-corrected chi connectivity index (χ1v) is 7.48. The van der Waals surface area contributed by atoms with Crippen LogP contribution in [0.3, 0.4) is 0 Å². The van der Waals surface area contributed by atoms with E-state index in [1.165, 1.54) is 0 Å². The van der Waals surface area contributed by atoms with Gasteiger partial charge in [-0.25, -0.2) is 9.59 Å². The number of urea groups is 2. The van der Waals surface area contributed by atoms with Crippen LogP contribution in [-0.4, -0.2) is 36.0 Å². The second-order valence-electron chi connectivity index (χ2n) is 5.88. The zero-order valence-electron chi connectivity index (χ0n) is 12.6. The fourth-order valence-electron chi connectivity index (χ4n) is 3.48. The number of nitrogens with one attached hydrogen (secondary N) is 4. The number of ether oxygens (including phenoxy) is 1. The van der Waals surface area contributed by atoms with E-state index in [4.69, 9.17) is 4.74 Å². The monoisotopic (exact) mass is 344 g/mol. The van der Waals surface area contributed by atoms with E-state index >= 15 is 0 Å². The van der Waals surface area contributed by atoms with Gasteiger partial charge in [0.15, 0.2) is 6.23 Å². The lowest BCUT2D eigenvalue weighted by Gasteiger charge is -2.43. The van der Waals surface area contributed by atoms with Gasteiger partial charge in [-0.3, -0.25) is 30.3 Å². The van der Waals surface area contributed by atoms with Crippen LogP contribution in [0.2, 0.25) is 0 Å². The SMILES string of the molecule is O=C1NC(=O)C([C@@H]2c3ccccc3O[C@@H]3NC(=O)NC(=O)[C@@H]32)C(=O)N1. The van der Waals surface area contributed by atoms with E-state index in [1.807, 2.05) is 10.6 Å². The fraction of sp³-hybridized carbons (Fsp3) is 0.267. The first-order chi connectivity index (χ1) is 12.0. The van der Waals surface area contributed by atoms with E-state index in [2.05, 4.69) is 10.6 Å². The predicted molar refractivity (Wildman–Crippen MR) is 78.9 cm³/mol. The fourth-order valence-corrected chi connectivity index (χ4v) is 3.48. The Morgan fingerprint density at radius 2 is 1.40 bits per heavy atom. The molecule has 10 heteroatoms. The van der Waals surface area contributed by atoms with Crippen LogP contribution in [0, 0.1) is 11.8 Å². The van der Waals surface area contributed by atoms with Crippen molar-refractivity contribution in [2.75, 3.05) is 0 Å². The molecule has 0 aromatic heterocycles. The standard InChI is InChI=1S/C15H12N4O6/c20-10-8(11(21)17-14(23)16-10)7-5-3-1-2-4-6(5)25-13-9(7)12(22)18-15(24)19-13/h1-4,7-9,13H,(H2,18,19,22,24)(H2,16,17,20,21,23)/t7-,9-,13-/m0/s1. The molecule has 3 aliphatic rings. The lowest BCUT2D eigenvalue weighted by atomic mass is 9.72. The van der Waals surface area contributed by atoms with Crippen LogP contribution >= 0.6 is 0 Å². The minimum atomic E-state index is -1.32. The Kier molecular flexibility index (Phi) is 3.20. The predicted octanol–water partition coefficient (Wildman–Crippen LogP) is -1.07. The summed E-state index contributed by atoms with van der Waals surface area (Å²) in [4.78, 5) is 59.9. The highest BCUT2D eigenvalue weighted by Crippen LogP contribution is 2.45. The molecule has 128 valence electrons. The Balaban J connectivity index is 1.84. The van der Waals surface area contributed by atoms with Crippen molar-refractivity contribution in [2.45, 2.75) is 12.1 Å². The van der Waals surface area contributed by atoms with Gasteiger partial charge in [0.25, 0.3) is 0 Å². The van der Waals surface area contributed by atoms with Crippen molar-refractivity contribution in [1.82, 2.24) is 21.3 Å². The lowest BCUT2D eigenvalue weighted by Crippen LogP contribution is -2.66. The summed E-state index contributed by atoms with van der Waals surface area (Å²) in [6.07, 6.45) is -1.03. The minimum Gasteiger partial charge on any atom is -0.469 e. The normalized spacial score (nSPS) is 28.6. The molecule has 1 aromatic rings. The number of carbonyl (C=O) groups is 5. The summed E-state index contributed by atoms with van der Waals surface area (Å²) < 4.78 is 5.67. The molecule has 3 atom stereocenters. The van der Waals surface area contributed by atoms with E-state index in [9.17, 15) is 24.0 Å². The number of hydrogen-bond donors (Lipinski definition) is 4. The number of barbiturate groups is 1. The van der Waals surface area contributed by atoms with Crippen molar-refractivity contribution in [3.05, 3.63) is 29.8 Å². The highest BCUT2D eigenvalue weighted by Gasteiger charge is 2.54. The molecule has 0 spiro atoms. The van der Waals surface area contributed by atoms with E-state index in [0.29, 0.717) is 11.3 Å². The molecule has 1 aromatic carbocycles. The zero-order chi connectivity index (χ0) is 17.7. The highest BCUT2D eigenvalue weighted by molar-refractivity contribution is 6.17. The van der Waals surface area contributed by atoms with Gasteiger partial charge in [-0.05, 0) is 11.6 Å². The molecule has 25 heavy (non-hydrogen) atoms. The van der Waals surface area contributed by atoms with E-state index in [1.54, 1.807) is 24.3 Å². The number of carbonyl (C=O) groups excluding carboxylic acids is 5. The number of imide groups is 3. The van der Waals surface area contributed by atoms with Gasteiger partial charge in [0.1, 0.15) is 17.6 Å². The topological polar surface area (TPSA) is 143 Å². The van der Waals surface area contributed by atoms with Crippen LogP contribution in [0.4, 0.5) is 9.59 Å². The first-order valence-electron chi connectivity index (χ1n) is 7.48. The first kappa shape index (κ1) is 15.1. The van der Waals surface area contributed by atoms with Gasteiger partial charge in [-0.15, -0.1) is 0 Å². The molecule has 0 unspecified atom stereocenters. The van der Waals surface area contributed by atoms with Crippen molar-refractivity contribution in [2.24, 2.45) is 11.8 Å². The van der Waals surface area contributed by atoms with Crippen molar-refractivity contribution in [1.29, 1.82) is 0 Å². The quantitative estimate of drug-likeness (QED) is 0.478. The maximum Gasteiger partial charge on any atom is 0.328 e. The Morgan fingerprint density at radius 1 is 0.760 bits per heavy atom. The van der Waals surface area contributed by atoms with Crippen molar-refractivity contribution < 1.29 is 28.7 Å². The second-order valence-corrected chi connectivity index (χ2v) is 5.88. The summed E-state index contributed by atoms with van der Waals surface area (Å²) in [5, 5.41) is 8.67. The van der Waals surface area contributed by atoms with Crippen LogP contribution in [0.15, 0.2) is 24.3 Å². The van der Waals surface area contributed by atoms with Crippen LogP contribution in [0.5, 0.6) is 5.75 Å². The number of benzene rings is 1. The van der Waals surface area contributed by atoms with Crippen LogP contribution in [-0.2, 0) is 14.4 Å². The van der Waals surface area contributed by atoms with Gasteiger partial charge < -0.3 is 10.1 Å². The average molecular weight is 344 g/mol.